The summed E-state index contributed by atoms with van der Waals surface area (Å²) in [4.78, 5) is 16.7. The van der Waals surface area contributed by atoms with Crippen LogP contribution < -0.4 is 35.9 Å². The smallest absolute Gasteiger partial charge is 0.381 e. The normalized spacial score (nSPS) is 12.8. The van der Waals surface area contributed by atoms with Gasteiger partial charge < -0.3 is 46.0 Å². The van der Waals surface area contributed by atoms with Gasteiger partial charge in [0.05, 0.1) is 18.1 Å². The van der Waals surface area contributed by atoms with Gasteiger partial charge in [-0.15, -0.1) is 0 Å². The van der Waals surface area contributed by atoms with E-state index in [1.165, 1.54) is 18.1 Å². The van der Waals surface area contributed by atoms with E-state index >= 15 is 0 Å². The van der Waals surface area contributed by atoms with Gasteiger partial charge in [0.2, 0.25) is 18.8 Å². The number of methoxy groups -OCH3 is 1. The van der Waals surface area contributed by atoms with E-state index in [2.05, 4.69) is 44.9 Å². The number of ether oxygens (including phenoxy) is 4. The zero-order valence-corrected chi connectivity index (χ0v) is 26.5. The zero-order valence-electron chi connectivity index (χ0n) is 25.0. The largest absolute Gasteiger partial charge is 1.00 e. The monoisotopic (exact) mass is 663 g/mol. The number of hydrogen-bond donors (Lipinski definition) is 0. The van der Waals surface area contributed by atoms with Crippen LogP contribution >= 0.6 is 11.6 Å². The highest BCUT2D eigenvalue weighted by Gasteiger charge is 2.28. The Balaban J connectivity index is 0.00000372. The minimum absolute atomic E-state index is 0. The summed E-state index contributed by atoms with van der Waals surface area (Å²) < 4.78 is 27.5. The van der Waals surface area contributed by atoms with Gasteiger partial charge in [-0.05, 0) is 62.8 Å². The van der Waals surface area contributed by atoms with E-state index in [1.807, 2.05) is 30.3 Å². The fourth-order valence-corrected chi connectivity index (χ4v) is 6.18. The first-order valence-corrected chi connectivity index (χ1v) is 15.1. The van der Waals surface area contributed by atoms with Crippen molar-refractivity contribution in [1.82, 2.24) is 14.5 Å². The van der Waals surface area contributed by atoms with Gasteiger partial charge in [0.1, 0.15) is 12.8 Å². The summed E-state index contributed by atoms with van der Waals surface area (Å²) in [5, 5.41) is 13.8. The lowest BCUT2D eigenvalue weighted by Crippen LogP contribution is -3.00. The lowest BCUT2D eigenvalue weighted by molar-refractivity contribution is -0.686. The van der Waals surface area contributed by atoms with E-state index in [9.17, 15) is 10.1 Å². The third kappa shape index (κ3) is 6.39. The number of rotatable bonds is 11. The van der Waals surface area contributed by atoms with Crippen molar-refractivity contribution in [2.75, 3.05) is 33.6 Å². The molecule has 4 heterocycles. The van der Waals surface area contributed by atoms with Gasteiger partial charge in [-0.3, -0.25) is 4.90 Å². The Bertz CT molecular complexity index is 1920. The van der Waals surface area contributed by atoms with Crippen LogP contribution in [0, 0.1) is 10.1 Å². The second kappa shape index (κ2) is 13.4. The number of hydrogen-bond acceptors (Lipinski definition) is 8. The van der Waals surface area contributed by atoms with Crippen molar-refractivity contribution in [3.05, 3.63) is 99.6 Å². The minimum atomic E-state index is -0.491. The molecule has 0 unspecified atom stereocenters. The third-order valence-corrected chi connectivity index (χ3v) is 8.46. The highest BCUT2D eigenvalue weighted by Crippen LogP contribution is 2.41. The molecule has 13 heteroatoms. The molecule has 238 valence electrons. The molecule has 7 rings (SSSR count). The molecule has 0 fully saturated rings. The first kappa shape index (κ1) is 31.4. The van der Waals surface area contributed by atoms with Gasteiger partial charge in [-0.2, -0.15) is 4.57 Å². The Morgan fingerprint density at radius 2 is 1.98 bits per heavy atom. The van der Waals surface area contributed by atoms with E-state index in [-0.39, 0.29) is 25.0 Å². The van der Waals surface area contributed by atoms with Crippen LogP contribution in [0.3, 0.4) is 0 Å². The van der Waals surface area contributed by atoms with Gasteiger partial charge in [0, 0.05) is 43.7 Å². The summed E-state index contributed by atoms with van der Waals surface area (Å²) in [5.74, 6) is 2.76. The summed E-state index contributed by atoms with van der Waals surface area (Å²) in [6, 6.07) is 18.1. The van der Waals surface area contributed by atoms with Crippen molar-refractivity contribution in [2.24, 2.45) is 0 Å². The maximum absolute atomic E-state index is 11.1. The summed E-state index contributed by atoms with van der Waals surface area (Å²) in [5.41, 5.74) is 4.57. The van der Waals surface area contributed by atoms with Crippen LogP contribution in [0.15, 0.2) is 73.3 Å². The predicted octanol–water partition coefficient (Wildman–Crippen LogP) is 2.43. The molecule has 0 spiro atoms. The number of pyridine rings is 1. The average Bonchev–Trinajstić information content (AvgIpc) is 3.71. The Hall–Kier alpha value is -4.58. The molecule has 2 aliphatic rings. The Labute approximate surface area is 276 Å². The maximum Gasteiger partial charge on any atom is 0.381 e. The topological polar surface area (TPSA) is 105 Å². The van der Waals surface area contributed by atoms with Crippen LogP contribution in [0.2, 0.25) is 5.02 Å². The molecule has 2 aromatic heterocycles. The molecule has 46 heavy (non-hydrogen) atoms. The second-order valence-corrected chi connectivity index (χ2v) is 11.5. The number of halogens is 2. The molecule has 5 aromatic rings. The molecule has 0 radical (unpaired) electrons. The number of aromatic nitrogens is 3. The van der Waals surface area contributed by atoms with E-state index in [0.717, 1.165) is 52.1 Å². The number of nitrogens with zero attached hydrogens (tertiary/aromatic N) is 5. The summed E-state index contributed by atoms with van der Waals surface area (Å²) >= 11 is 6.26. The first-order valence-electron chi connectivity index (χ1n) is 14.7. The van der Waals surface area contributed by atoms with Gasteiger partial charge in [-0.25, -0.2) is 0 Å². The van der Waals surface area contributed by atoms with Crippen LogP contribution in [0.1, 0.15) is 11.1 Å². The van der Waals surface area contributed by atoms with Crippen molar-refractivity contribution < 1.29 is 40.8 Å². The quantitative estimate of drug-likeness (QED) is 0.121. The molecule has 11 nitrogen and oxygen atoms in total. The molecule has 3 aromatic carbocycles. The minimum Gasteiger partial charge on any atom is -1.00 e. The molecular formula is C33H31Cl2N5O6. The maximum atomic E-state index is 11.1. The molecule has 0 amide bonds. The van der Waals surface area contributed by atoms with Crippen molar-refractivity contribution in [3.8, 4) is 34.3 Å². The summed E-state index contributed by atoms with van der Waals surface area (Å²) in [6.45, 7) is 3.86. The average molecular weight is 665 g/mol. The number of aryl methyl sites for hydroxylation is 2. The van der Waals surface area contributed by atoms with Crippen molar-refractivity contribution in [2.45, 2.75) is 26.1 Å². The van der Waals surface area contributed by atoms with Crippen molar-refractivity contribution in [3.63, 3.8) is 0 Å². The molecule has 0 N–H and O–H groups in total. The summed E-state index contributed by atoms with van der Waals surface area (Å²) in [7, 11) is 1.65. The fourth-order valence-electron chi connectivity index (χ4n) is 5.97. The highest BCUT2D eigenvalue weighted by molar-refractivity contribution is 6.30. The van der Waals surface area contributed by atoms with E-state index < -0.39 is 4.92 Å². The number of nitro groups is 1. The van der Waals surface area contributed by atoms with Gasteiger partial charge in [0.15, 0.2) is 35.7 Å². The van der Waals surface area contributed by atoms with E-state index in [4.69, 9.17) is 30.5 Å². The lowest BCUT2D eigenvalue weighted by Gasteiger charge is -2.23. The predicted molar refractivity (Wildman–Crippen MR) is 167 cm³/mol. The van der Waals surface area contributed by atoms with Gasteiger partial charge in [-0.1, -0.05) is 23.7 Å². The van der Waals surface area contributed by atoms with Crippen LogP contribution in [0.25, 0.3) is 22.0 Å². The molecule has 0 saturated carbocycles. The van der Waals surface area contributed by atoms with E-state index in [0.29, 0.717) is 49.3 Å². The number of fused-ring (bicyclic) bond motifs is 5. The summed E-state index contributed by atoms with van der Waals surface area (Å²) in [6.07, 6.45) is 5.96. The fraction of sp³-hybridized carbons (Fsp3) is 0.273. The highest BCUT2D eigenvalue weighted by atomic mass is 35.5. The van der Waals surface area contributed by atoms with Crippen LogP contribution in [0.5, 0.6) is 23.0 Å². The Morgan fingerprint density at radius 3 is 2.76 bits per heavy atom. The number of benzene rings is 3. The SMILES string of the molecule is COc1ccc2cc3[n+](cc2c1OCCN(CCn1cnc([N+](=O)[O-])c1)Cc1cccc(Cl)c1)CCc1cc2c(cc1-3)OCO2.[Cl-]. The molecule has 0 aliphatic carbocycles. The molecular weight excluding hydrogens is 633 g/mol. The molecule has 0 bridgehead atoms. The van der Waals surface area contributed by atoms with Crippen LogP contribution in [0.4, 0.5) is 5.82 Å². The Morgan fingerprint density at radius 1 is 1.13 bits per heavy atom. The van der Waals surface area contributed by atoms with Crippen molar-refractivity contribution in [1.29, 1.82) is 0 Å². The first-order chi connectivity index (χ1) is 21.9. The van der Waals surface area contributed by atoms with Gasteiger partial charge >= 0.3 is 5.82 Å². The van der Waals surface area contributed by atoms with Crippen LogP contribution in [-0.4, -0.2) is 53.0 Å². The lowest BCUT2D eigenvalue weighted by atomic mass is 9.95. The Kier molecular flexibility index (Phi) is 9.16. The van der Waals surface area contributed by atoms with E-state index in [1.54, 1.807) is 11.7 Å². The standard InChI is InChI=1S/C33H31ClN5O6.ClH/c1-42-29-6-5-23-14-28-26-16-31-30(44-21-45-31)15-24(26)7-8-38(28)18-27(23)33(29)43-12-11-36(17-22-3-2-4-25(34)13-22)9-10-37-19-32(35-20-37)39(40)41;/h2-6,13-16,18-20H,7-12,17,21H2,1H3;1H/q+1;/p-1. The third-order valence-electron chi connectivity index (χ3n) is 8.23. The van der Waals surface area contributed by atoms with Gasteiger partial charge in [0.25, 0.3) is 0 Å². The zero-order chi connectivity index (χ0) is 30.9. The molecule has 2 aliphatic heterocycles. The number of imidazole rings is 1. The van der Waals surface area contributed by atoms with Crippen molar-refractivity contribution >= 4 is 28.2 Å². The molecule has 0 atom stereocenters. The molecule has 0 saturated heterocycles. The second-order valence-electron chi connectivity index (χ2n) is 11.0. The van der Waals surface area contributed by atoms with Crippen LogP contribution in [-0.2, 0) is 26.1 Å².